The standard InChI is InChI=1S/C15H25NO2/c1-15(2,3)13-10-12(6-7-14(13)18-5)11-16(4)8-9-17/h6-7,10,17H,8-9,11H2,1-5H3. The van der Waals surface area contributed by atoms with Gasteiger partial charge in [0.1, 0.15) is 5.75 Å². The number of hydrogen-bond donors (Lipinski definition) is 1. The molecule has 0 heterocycles. The summed E-state index contributed by atoms with van der Waals surface area (Å²) in [5, 5.41) is 8.92. The predicted molar refractivity (Wildman–Crippen MR) is 75.1 cm³/mol. The van der Waals surface area contributed by atoms with Gasteiger partial charge in [-0.05, 0) is 29.7 Å². The first-order chi connectivity index (χ1) is 8.38. The Labute approximate surface area is 110 Å². The Morgan fingerprint density at radius 1 is 1.28 bits per heavy atom. The van der Waals surface area contributed by atoms with Crippen molar-refractivity contribution in [1.82, 2.24) is 4.90 Å². The molecule has 3 heteroatoms. The molecule has 0 radical (unpaired) electrons. The largest absolute Gasteiger partial charge is 0.496 e. The molecule has 0 spiro atoms. The zero-order chi connectivity index (χ0) is 13.8. The smallest absolute Gasteiger partial charge is 0.122 e. The average molecular weight is 251 g/mol. The van der Waals surface area contributed by atoms with Gasteiger partial charge in [0, 0.05) is 13.1 Å². The summed E-state index contributed by atoms with van der Waals surface area (Å²) in [4.78, 5) is 2.11. The Bertz CT molecular complexity index is 383. The fourth-order valence-corrected chi connectivity index (χ4v) is 2.00. The van der Waals surface area contributed by atoms with Crippen molar-refractivity contribution in [3.63, 3.8) is 0 Å². The van der Waals surface area contributed by atoms with Crippen LogP contribution in [0.1, 0.15) is 31.9 Å². The molecule has 0 atom stereocenters. The van der Waals surface area contributed by atoms with Crippen LogP contribution in [0.5, 0.6) is 5.75 Å². The van der Waals surface area contributed by atoms with Crippen LogP contribution in [0.15, 0.2) is 18.2 Å². The highest BCUT2D eigenvalue weighted by atomic mass is 16.5. The predicted octanol–water partition coefficient (Wildman–Crippen LogP) is 2.42. The lowest BCUT2D eigenvalue weighted by molar-refractivity contribution is 0.217. The summed E-state index contributed by atoms with van der Waals surface area (Å²) in [6.45, 7) is 8.29. The van der Waals surface area contributed by atoms with Gasteiger partial charge in [0.05, 0.1) is 13.7 Å². The SMILES string of the molecule is COc1ccc(CN(C)CCO)cc1C(C)(C)C. The third-order valence-electron chi connectivity index (χ3n) is 3.01. The molecule has 1 aromatic rings. The van der Waals surface area contributed by atoms with Crippen LogP contribution in [0.2, 0.25) is 0 Å². The Balaban J connectivity index is 2.96. The van der Waals surface area contributed by atoms with Crippen LogP contribution in [-0.4, -0.2) is 37.3 Å². The van der Waals surface area contributed by atoms with Gasteiger partial charge in [0.2, 0.25) is 0 Å². The number of benzene rings is 1. The quantitative estimate of drug-likeness (QED) is 0.872. The molecule has 102 valence electrons. The van der Waals surface area contributed by atoms with E-state index >= 15 is 0 Å². The van der Waals surface area contributed by atoms with E-state index in [0.717, 1.165) is 12.3 Å². The fourth-order valence-electron chi connectivity index (χ4n) is 2.00. The first-order valence-electron chi connectivity index (χ1n) is 6.35. The van der Waals surface area contributed by atoms with Gasteiger partial charge in [-0.1, -0.05) is 32.9 Å². The number of methoxy groups -OCH3 is 1. The molecule has 3 nitrogen and oxygen atoms in total. The molecule has 0 aromatic heterocycles. The van der Waals surface area contributed by atoms with Crippen LogP contribution in [0.3, 0.4) is 0 Å². The molecule has 0 aliphatic rings. The van der Waals surface area contributed by atoms with Crippen molar-refractivity contribution in [2.75, 3.05) is 27.3 Å². The summed E-state index contributed by atoms with van der Waals surface area (Å²) in [7, 11) is 3.72. The van der Waals surface area contributed by atoms with E-state index < -0.39 is 0 Å². The van der Waals surface area contributed by atoms with E-state index in [2.05, 4.69) is 37.8 Å². The van der Waals surface area contributed by atoms with Crippen molar-refractivity contribution in [1.29, 1.82) is 0 Å². The van der Waals surface area contributed by atoms with Crippen LogP contribution >= 0.6 is 0 Å². The molecule has 1 aromatic carbocycles. The third-order valence-corrected chi connectivity index (χ3v) is 3.01. The molecule has 18 heavy (non-hydrogen) atoms. The van der Waals surface area contributed by atoms with Gasteiger partial charge in [-0.2, -0.15) is 0 Å². The van der Waals surface area contributed by atoms with E-state index in [1.54, 1.807) is 7.11 Å². The van der Waals surface area contributed by atoms with Crippen LogP contribution < -0.4 is 4.74 Å². The highest BCUT2D eigenvalue weighted by Crippen LogP contribution is 2.32. The maximum absolute atomic E-state index is 8.92. The molecular formula is C15H25NO2. The van der Waals surface area contributed by atoms with E-state index in [1.165, 1.54) is 11.1 Å². The number of ether oxygens (including phenoxy) is 1. The second kappa shape index (κ2) is 6.21. The first-order valence-corrected chi connectivity index (χ1v) is 6.35. The molecule has 1 rings (SSSR count). The van der Waals surface area contributed by atoms with Crippen molar-refractivity contribution < 1.29 is 9.84 Å². The van der Waals surface area contributed by atoms with Gasteiger partial charge < -0.3 is 9.84 Å². The summed E-state index contributed by atoms with van der Waals surface area (Å²) >= 11 is 0. The summed E-state index contributed by atoms with van der Waals surface area (Å²) in [5.74, 6) is 0.941. The lowest BCUT2D eigenvalue weighted by Gasteiger charge is -2.24. The lowest BCUT2D eigenvalue weighted by atomic mass is 9.85. The van der Waals surface area contributed by atoms with E-state index in [1.807, 2.05) is 13.1 Å². The fraction of sp³-hybridized carbons (Fsp3) is 0.600. The molecule has 0 aliphatic carbocycles. The molecular weight excluding hydrogens is 226 g/mol. The monoisotopic (exact) mass is 251 g/mol. The second-order valence-electron chi connectivity index (χ2n) is 5.75. The topological polar surface area (TPSA) is 32.7 Å². The zero-order valence-corrected chi connectivity index (χ0v) is 12.2. The lowest BCUT2D eigenvalue weighted by Crippen LogP contribution is -2.22. The molecule has 0 saturated carbocycles. The van der Waals surface area contributed by atoms with E-state index in [0.29, 0.717) is 6.54 Å². The highest BCUT2D eigenvalue weighted by molar-refractivity contribution is 5.41. The van der Waals surface area contributed by atoms with Gasteiger partial charge in [-0.15, -0.1) is 0 Å². The maximum Gasteiger partial charge on any atom is 0.122 e. The number of aliphatic hydroxyl groups is 1. The van der Waals surface area contributed by atoms with Crippen LogP contribution in [-0.2, 0) is 12.0 Å². The van der Waals surface area contributed by atoms with Gasteiger partial charge >= 0.3 is 0 Å². The van der Waals surface area contributed by atoms with Crippen molar-refractivity contribution in [3.05, 3.63) is 29.3 Å². The summed E-state index contributed by atoms with van der Waals surface area (Å²) in [6, 6.07) is 6.32. The molecule has 0 aliphatic heterocycles. The average Bonchev–Trinajstić information content (AvgIpc) is 2.28. The second-order valence-corrected chi connectivity index (χ2v) is 5.75. The van der Waals surface area contributed by atoms with Gasteiger partial charge in [0.25, 0.3) is 0 Å². The maximum atomic E-state index is 8.92. The number of nitrogens with zero attached hydrogens (tertiary/aromatic N) is 1. The highest BCUT2D eigenvalue weighted by Gasteiger charge is 2.19. The van der Waals surface area contributed by atoms with Gasteiger partial charge in [-0.3, -0.25) is 4.90 Å². The summed E-state index contributed by atoms with van der Waals surface area (Å²) in [6.07, 6.45) is 0. The number of rotatable bonds is 5. The van der Waals surface area contributed by atoms with Crippen molar-refractivity contribution in [2.24, 2.45) is 0 Å². The summed E-state index contributed by atoms with van der Waals surface area (Å²) < 4.78 is 5.43. The Kier molecular flexibility index (Phi) is 5.17. The minimum atomic E-state index is 0.0664. The molecule has 0 unspecified atom stereocenters. The van der Waals surface area contributed by atoms with Gasteiger partial charge in [-0.25, -0.2) is 0 Å². The number of aliphatic hydroxyl groups excluding tert-OH is 1. The molecule has 0 amide bonds. The van der Waals surface area contributed by atoms with Crippen molar-refractivity contribution in [3.8, 4) is 5.75 Å². The van der Waals surface area contributed by atoms with Gasteiger partial charge in [0.15, 0.2) is 0 Å². The Hall–Kier alpha value is -1.06. The van der Waals surface area contributed by atoms with Crippen LogP contribution in [0, 0.1) is 0 Å². The van der Waals surface area contributed by atoms with E-state index in [9.17, 15) is 0 Å². The number of hydrogen-bond acceptors (Lipinski definition) is 3. The molecule has 1 N–H and O–H groups in total. The van der Waals surface area contributed by atoms with E-state index in [4.69, 9.17) is 9.84 Å². The Morgan fingerprint density at radius 3 is 2.44 bits per heavy atom. The Morgan fingerprint density at radius 2 is 1.94 bits per heavy atom. The minimum Gasteiger partial charge on any atom is -0.496 e. The summed E-state index contributed by atoms with van der Waals surface area (Å²) in [5.41, 5.74) is 2.54. The molecule has 0 bridgehead atoms. The van der Waals surface area contributed by atoms with Crippen molar-refractivity contribution >= 4 is 0 Å². The molecule has 0 fully saturated rings. The van der Waals surface area contributed by atoms with Crippen molar-refractivity contribution in [2.45, 2.75) is 32.7 Å². The first kappa shape index (κ1) is 15.0. The normalized spacial score (nSPS) is 11.9. The third kappa shape index (κ3) is 4.00. The van der Waals surface area contributed by atoms with Crippen LogP contribution in [0.25, 0.3) is 0 Å². The van der Waals surface area contributed by atoms with E-state index in [-0.39, 0.29) is 12.0 Å². The van der Waals surface area contributed by atoms with Crippen LogP contribution in [0.4, 0.5) is 0 Å². The minimum absolute atomic E-state index is 0.0664. The molecule has 0 saturated heterocycles. The number of likely N-dealkylation sites (N-methyl/N-ethyl adjacent to an activating group) is 1. The zero-order valence-electron chi connectivity index (χ0n) is 12.2.